The van der Waals surface area contributed by atoms with Crippen molar-refractivity contribution in [3.8, 4) is 0 Å². The maximum Gasteiger partial charge on any atom is 0.248 e. The van der Waals surface area contributed by atoms with Crippen LogP contribution in [0.4, 0.5) is 11.4 Å². The Hall–Kier alpha value is -2.88. The minimum absolute atomic E-state index is 0.315. The first-order valence-corrected chi connectivity index (χ1v) is 8.93. The molecule has 0 spiro atoms. The van der Waals surface area contributed by atoms with Gasteiger partial charge in [0.2, 0.25) is 11.8 Å². The number of amides is 2. The Labute approximate surface area is 155 Å². The van der Waals surface area contributed by atoms with Crippen LogP contribution in [0.5, 0.6) is 0 Å². The Kier molecular flexibility index (Phi) is 6.73. The Bertz CT molecular complexity index is 769. The Morgan fingerprint density at radius 2 is 1.15 bits per heavy atom. The molecule has 4 heteroatoms. The normalized spacial score (nSPS) is 10.8. The van der Waals surface area contributed by atoms with Crippen LogP contribution in [-0.4, -0.2) is 11.8 Å². The molecule has 0 heterocycles. The third-order valence-corrected chi connectivity index (χ3v) is 4.36. The van der Waals surface area contributed by atoms with E-state index in [1.807, 2.05) is 64.1 Å². The summed E-state index contributed by atoms with van der Waals surface area (Å²) >= 11 is 0. The summed E-state index contributed by atoms with van der Waals surface area (Å²) in [5, 5.41) is 5.75. The van der Waals surface area contributed by atoms with Crippen molar-refractivity contribution < 1.29 is 9.59 Å². The van der Waals surface area contributed by atoms with Crippen molar-refractivity contribution in [1.29, 1.82) is 0 Å². The highest BCUT2D eigenvalue weighted by atomic mass is 16.2. The van der Waals surface area contributed by atoms with Crippen LogP contribution in [0.1, 0.15) is 36.1 Å². The number of para-hydroxylation sites is 2. The molecule has 2 amide bonds. The highest BCUT2D eigenvalue weighted by Crippen LogP contribution is 2.22. The molecule has 0 saturated heterocycles. The van der Waals surface area contributed by atoms with Crippen molar-refractivity contribution >= 4 is 23.2 Å². The minimum atomic E-state index is -0.315. The lowest BCUT2D eigenvalue weighted by molar-refractivity contribution is -0.114. The van der Waals surface area contributed by atoms with E-state index >= 15 is 0 Å². The van der Waals surface area contributed by atoms with Gasteiger partial charge in [-0.15, -0.1) is 0 Å². The van der Waals surface area contributed by atoms with Crippen molar-refractivity contribution in [2.45, 2.75) is 40.5 Å². The molecule has 0 aliphatic rings. The SMILES string of the molecule is CCc1cccc(C)c1NC(=O)/C=C/C(=O)Nc1c(C)cccc1CC. The van der Waals surface area contributed by atoms with Gasteiger partial charge in [0.05, 0.1) is 0 Å². The molecule has 0 unspecified atom stereocenters. The molecule has 136 valence electrons. The summed E-state index contributed by atoms with van der Waals surface area (Å²) in [6, 6.07) is 11.8. The molecule has 26 heavy (non-hydrogen) atoms. The van der Waals surface area contributed by atoms with Gasteiger partial charge in [-0.05, 0) is 48.9 Å². The second-order valence-electron chi connectivity index (χ2n) is 6.24. The topological polar surface area (TPSA) is 58.2 Å². The van der Waals surface area contributed by atoms with Gasteiger partial charge in [0.15, 0.2) is 0 Å². The van der Waals surface area contributed by atoms with Crippen LogP contribution in [0.3, 0.4) is 0 Å². The predicted molar refractivity (Wildman–Crippen MR) is 108 cm³/mol. The number of aryl methyl sites for hydroxylation is 4. The minimum Gasteiger partial charge on any atom is -0.322 e. The van der Waals surface area contributed by atoms with E-state index in [0.29, 0.717) is 0 Å². The third-order valence-electron chi connectivity index (χ3n) is 4.36. The number of nitrogens with one attached hydrogen (secondary N) is 2. The fraction of sp³-hybridized carbons (Fsp3) is 0.273. The molecule has 0 aliphatic heterocycles. The van der Waals surface area contributed by atoms with E-state index in [4.69, 9.17) is 0 Å². The number of carbonyl (C=O) groups is 2. The van der Waals surface area contributed by atoms with E-state index in [-0.39, 0.29) is 11.8 Å². The zero-order valence-electron chi connectivity index (χ0n) is 15.8. The molecule has 0 fully saturated rings. The number of benzene rings is 2. The average Bonchev–Trinajstić information content (AvgIpc) is 2.63. The molecule has 0 radical (unpaired) electrons. The maximum absolute atomic E-state index is 12.2. The highest BCUT2D eigenvalue weighted by molar-refractivity contribution is 6.07. The van der Waals surface area contributed by atoms with E-state index in [1.165, 1.54) is 12.2 Å². The van der Waals surface area contributed by atoms with Crippen molar-refractivity contribution in [2.75, 3.05) is 10.6 Å². The largest absolute Gasteiger partial charge is 0.322 e. The molecule has 0 aliphatic carbocycles. The Morgan fingerprint density at radius 1 is 0.769 bits per heavy atom. The van der Waals surface area contributed by atoms with Crippen molar-refractivity contribution in [3.63, 3.8) is 0 Å². The molecule has 0 aromatic heterocycles. The number of hydrogen-bond acceptors (Lipinski definition) is 2. The first-order chi connectivity index (χ1) is 12.5. The molecule has 2 N–H and O–H groups in total. The lowest BCUT2D eigenvalue weighted by atomic mass is 10.1. The fourth-order valence-corrected chi connectivity index (χ4v) is 2.89. The maximum atomic E-state index is 12.2. The average molecular weight is 350 g/mol. The molecular formula is C22H26N2O2. The van der Waals surface area contributed by atoms with Gasteiger partial charge in [-0.3, -0.25) is 9.59 Å². The summed E-state index contributed by atoms with van der Waals surface area (Å²) in [4.78, 5) is 24.4. The van der Waals surface area contributed by atoms with Crippen LogP contribution in [0, 0.1) is 13.8 Å². The lowest BCUT2D eigenvalue weighted by Gasteiger charge is -2.12. The van der Waals surface area contributed by atoms with Crippen LogP contribution in [0.2, 0.25) is 0 Å². The Morgan fingerprint density at radius 3 is 1.50 bits per heavy atom. The van der Waals surface area contributed by atoms with Crippen LogP contribution in [0.25, 0.3) is 0 Å². The molecule has 2 aromatic rings. The molecule has 4 nitrogen and oxygen atoms in total. The summed E-state index contributed by atoms with van der Waals surface area (Å²) in [5.74, 6) is -0.630. The van der Waals surface area contributed by atoms with Crippen LogP contribution in [0.15, 0.2) is 48.6 Å². The van der Waals surface area contributed by atoms with Crippen LogP contribution < -0.4 is 10.6 Å². The summed E-state index contributed by atoms with van der Waals surface area (Å²) in [6.45, 7) is 7.99. The van der Waals surface area contributed by atoms with Gasteiger partial charge in [0, 0.05) is 23.5 Å². The quantitative estimate of drug-likeness (QED) is 0.750. The monoisotopic (exact) mass is 350 g/mol. The van der Waals surface area contributed by atoms with Crippen LogP contribution in [-0.2, 0) is 22.4 Å². The lowest BCUT2D eigenvalue weighted by Crippen LogP contribution is -2.14. The van der Waals surface area contributed by atoms with Crippen LogP contribution >= 0.6 is 0 Å². The summed E-state index contributed by atoms with van der Waals surface area (Å²) in [5.41, 5.74) is 5.79. The predicted octanol–water partition coefficient (Wildman–Crippen LogP) is 4.56. The van der Waals surface area contributed by atoms with Gasteiger partial charge in [0.25, 0.3) is 0 Å². The standard InChI is InChI=1S/C22H26N2O2/c1-5-17-11-7-9-15(3)21(17)23-19(25)13-14-20(26)24-22-16(4)10-8-12-18(22)6-2/h7-14H,5-6H2,1-4H3,(H,23,25)(H,24,26)/b14-13+. The third kappa shape index (κ3) is 4.82. The van der Waals surface area contributed by atoms with Crippen molar-refractivity contribution in [1.82, 2.24) is 0 Å². The Balaban J connectivity index is 2.06. The first-order valence-electron chi connectivity index (χ1n) is 8.93. The van der Waals surface area contributed by atoms with Gasteiger partial charge in [0.1, 0.15) is 0 Å². The van der Waals surface area contributed by atoms with Gasteiger partial charge < -0.3 is 10.6 Å². The first kappa shape index (κ1) is 19.4. The van der Waals surface area contributed by atoms with Gasteiger partial charge >= 0.3 is 0 Å². The van der Waals surface area contributed by atoms with Gasteiger partial charge in [-0.25, -0.2) is 0 Å². The molecule has 0 bridgehead atoms. The number of rotatable bonds is 6. The number of anilines is 2. The fourth-order valence-electron chi connectivity index (χ4n) is 2.89. The smallest absolute Gasteiger partial charge is 0.248 e. The summed E-state index contributed by atoms with van der Waals surface area (Å²) < 4.78 is 0. The zero-order chi connectivity index (χ0) is 19.1. The molecular weight excluding hydrogens is 324 g/mol. The molecule has 2 rings (SSSR count). The van der Waals surface area contributed by atoms with E-state index in [1.54, 1.807) is 0 Å². The van der Waals surface area contributed by atoms with E-state index in [9.17, 15) is 9.59 Å². The summed E-state index contributed by atoms with van der Waals surface area (Å²) in [7, 11) is 0. The van der Waals surface area contributed by atoms with Crippen molar-refractivity contribution in [3.05, 3.63) is 70.8 Å². The molecule has 0 atom stereocenters. The molecule has 0 saturated carbocycles. The number of hydrogen-bond donors (Lipinski definition) is 2. The second-order valence-corrected chi connectivity index (χ2v) is 6.24. The number of carbonyl (C=O) groups excluding carboxylic acids is 2. The van der Waals surface area contributed by atoms with E-state index < -0.39 is 0 Å². The van der Waals surface area contributed by atoms with Gasteiger partial charge in [-0.1, -0.05) is 50.2 Å². The zero-order valence-corrected chi connectivity index (χ0v) is 15.8. The highest BCUT2D eigenvalue weighted by Gasteiger charge is 2.09. The van der Waals surface area contributed by atoms with Gasteiger partial charge in [-0.2, -0.15) is 0 Å². The van der Waals surface area contributed by atoms with Crippen molar-refractivity contribution in [2.24, 2.45) is 0 Å². The van der Waals surface area contributed by atoms with E-state index in [0.717, 1.165) is 46.5 Å². The second kappa shape index (κ2) is 8.99. The molecule has 2 aromatic carbocycles. The summed E-state index contributed by atoms with van der Waals surface area (Å²) in [6.07, 6.45) is 4.19. The van der Waals surface area contributed by atoms with E-state index in [2.05, 4.69) is 10.6 Å².